The zero-order valence-electron chi connectivity index (χ0n) is 18.0. The Morgan fingerprint density at radius 2 is 1.33 bits per heavy atom. The molecule has 0 spiro atoms. The maximum Gasteiger partial charge on any atom is 0.328 e. The van der Waals surface area contributed by atoms with E-state index in [9.17, 15) is 4.79 Å². The molecule has 0 aliphatic carbocycles. The van der Waals surface area contributed by atoms with Crippen molar-refractivity contribution in [2.45, 2.75) is 71.1 Å². The van der Waals surface area contributed by atoms with E-state index in [0.29, 0.717) is 0 Å². The summed E-state index contributed by atoms with van der Waals surface area (Å²) >= 11 is 0. The number of rotatable bonds is 15. The minimum atomic E-state index is -1.50. The molecule has 0 aromatic carbocycles. The van der Waals surface area contributed by atoms with Crippen LogP contribution in [0.2, 0.25) is 0 Å². The molecule has 0 saturated carbocycles. The van der Waals surface area contributed by atoms with Gasteiger partial charge in [-0.25, -0.2) is 4.79 Å². The van der Waals surface area contributed by atoms with E-state index in [-0.39, 0.29) is 6.05 Å². The summed E-state index contributed by atoms with van der Waals surface area (Å²) in [5.74, 6) is -1.50. The van der Waals surface area contributed by atoms with Gasteiger partial charge >= 0.3 is 5.97 Å². The first kappa shape index (κ1) is 17.0. The predicted molar refractivity (Wildman–Crippen MR) is 105 cm³/mol. The number of aliphatic carboxylic acids is 1. The molecule has 0 amide bonds. The van der Waals surface area contributed by atoms with E-state index < -0.39 is 18.1 Å². The minimum absolute atomic E-state index is 0.298. The summed E-state index contributed by atoms with van der Waals surface area (Å²) in [7, 11) is 0. The van der Waals surface area contributed by atoms with Crippen LogP contribution in [0.3, 0.4) is 0 Å². The molecule has 2 nitrogen and oxygen atoms in total. The third-order valence-electron chi connectivity index (χ3n) is 3.48. The van der Waals surface area contributed by atoms with Crippen molar-refractivity contribution in [3.05, 3.63) is 60.7 Å². The fourth-order valence-corrected chi connectivity index (χ4v) is 2.17. The first-order valence-corrected chi connectivity index (χ1v) is 9.08. The van der Waals surface area contributed by atoms with Crippen LogP contribution in [0.5, 0.6) is 0 Å². The molecule has 0 bridgehead atoms. The van der Waals surface area contributed by atoms with E-state index in [0.717, 1.165) is 6.42 Å². The van der Waals surface area contributed by atoms with E-state index in [1.54, 1.807) is 12.2 Å². The highest BCUT2D eigenvalue weighted by Gasteiger charge is 1.90. The highest BCUT2D eigenvalue weighted by molar-refractivity contribution is 5.80. The summed E-state index contributed by atoms with van der Waals surface area (Å²) in [4.78, 5) is 10.6. The van der Waals surface area contributed by atoms with Gasteiger partial charge in [-0.3, -0.25) is 0 Å². The van der Waals surface area contributed by atoms with E-state index >= 15 is 0 Å². The predicted octanol–water partition coefficient (Wildman–Crippen LogP) is 6.77. The molecule has 0 aliphatic heterocycles. The van der Waals surface area contributed by atoms with Crippen LogP contribution < -0.4 is 0 Å². The molecular weight excluding hydrogens is 296 g/mol. The molecule has 0 rings (SSSR count). The summed E-state index contributed by atoms with van der Waals surface area (Å²) in [6.45, 7) is 2.24. The largest absolute Gasteiger partial charge is 0.478 e. The summed E-state index contributed by atoms with van der Waals surface area (Å²) in [6, 6.07) is -1.77. The topological polar surface area (TPSA) is 37.3 Å². The summed E-state index contributed by atoms with van der Waals surface area (Å²) < 4.78 is 22.1. The molecule has 0 saturated heterocycles. The lowest BCUT2D eigenvalue weighted by Gasteiger charge is -2.00. The van der Waals surface area contributed by atoms with Crippen LogP contribution in [0.25, 0.3) is 0 Å². The quantitative estimate of drug-likeness (QED) is 0.204. The Bertz CT molecular complexity index is 558. The second-order valence-electron chi connectivity index (χ2n) is 5.68. The van der Waals surface area contributed by atoms with E-state index in [2.05, 4.69) is 13.0 Å². The van der Waals surface area contributed by atoms with E-state index in [1.165, 1.54) is 63.9 Å². The maximum absolute atomic E-state index is 10.6. The molecule has 0 unspecified atom stereocenters. The Kier molecular flexibility index (Phi) is 13.6. The molecule has 0 aromatic heterocycles. The molecule has 2 heteroatoms. The third kappa shape index (κ3) is 20.2. The van der Waals surface area contributed by atoms with Gasteiger partial charge in [0.25, 0.3) is 0 Å². The number of hydrogen-bond donors (Lipinski definition) is 1. The highest BCUT2D eigenvalue weighted by atomic mass is 16.4. The Hall–Kier alpha value is -1.83. The van der Waals surface area contributed by atoms with Crippen LogP contribution in [-0.4, -0.2) is 11.1 Å². The van der Waals surface area contributed by atoms with Crippen LogP contribution in [0.15, 0.2) is 60.7 Å². The Labute approximate surface area is 152 Å². The second-order valence-corrected chi connectivity index (χ2v) is 5.68. The van der Waals surface area contributed by atoms with Gasteiger partial charge in [0.1, 0.15) is 0 Å². The standard InChI is InChI=1S/C22H34O2/c1-2-3-4-5-6-7-8-9-10-11-12-13-14-15-16-17-18-19-20-21-22(23)24/h12-21H,2-11H2,1H3,(H,23,24)/i19D,20D,21D. The smallest absolute Gasteiger partial charge is 0.328 e. The average molecular weight is 334 g/mol. The van der Waals surface area contributed by atoms with Gasteiger partial charge < -0.3 is 5.11 Å². The highest BCUT2D eigenvalue weighted by Crippen LogP contribution is 2.10. The maximum atomic E-state index is 10.6. The minimum Gasteiger partial charge on any atom is -0.478 e. The van der Waals surface area contributed by atoms with Gasteiger partial charge in [0.05, 0.1) is 4.11 Å². The summed E-state index contributed by atoms with van der Waals surface area (Å²) in [5, 5.41) is 8.60. The van der Waals surface area contributed by atoms with Crippen molar-refractivity contribution >= 4 is 5.97 Å². The first-order valence-electron chi connectivity index (χ1n) is 10.6. The van der Waals surface area contributed by atoms with Crippen molar-refractivity contribution in [3.8, 4) is 0 Å². The van der Waals surface area contributed by atoms with Gasteiger partial charge in [-0.15, -0.1) is 0 Å². The Morgan fingerprint density at radius 1 is 0.792 bits per heavy atom. The lowest BCUT2D eigenvalue weighted by molar-refractivity contribution is -0.131. The van der Waals surface area contributed by atoms with Gasteiger partial charge in [-0.2, -0.15) is 0 Å². The summed E-state index contributed by atoms with van der Waals surface area (Å²) in [5.41, 5.74) is 0. The lowest BCUT2D eigenvalue weighted by Crippen LogP contribution is -1.84. The number of carbonyl (C=O) groups is 1. The van der Waals surface area contributed by atoms with Crippen molar-refractivity contribution < 1.29 is 14.0 Å². The van der Waals surface area contributed by atoms with Crippen molar-refractivity contribution in [1.82, 2.24) is 0 Å². The molecule has 0 aromatic rings. The van der Waals surface area contributed by atoms with Gasteiger partial charge in [0, 0.05) is 6.05 Å². The third-order valence-corrected chi connectivity index (χ3v) is 3.48. The van der Waals surface area contributed by atoms with Gasteiger partial charge in [0.15, 0.2) is 0 Å². The van der Waals surface area contributed by atoms with Crippen molar-refractivity contribution in [2.24, 2.45) is 0 Å². The molecule has 1 N–H and O–H groups in total. The van der Waals surface area contributed by atoms with Gasteiger partial charge in [-0.05, 0) is 12.8 Å². The van der Waals surface area contributed by atoms with Crippen LogP contribution in [-0.2, 0) is 4.79 Å². The van der Waals surface area contributed by atoms with Crippen LogP contribution in [0, 0.1) is 0 Å². The zero-order chi connectivity index (χ0) is 20.3. The Morgan fingerprint density at radius 3 is 1.96 bits per heavy atom. The van der Waals surface area contributed by atoms with E-state index in [4.69, 9.17) is 9.22 Å². The van der Waals surface area contributed by atoms with Crippen LogP contribution >= 0.6 is 0 Å². The lowest BCUT2D eigenvalue weighted by atomic mass is 10.1. The molecule has 0 radical (unpaired) electrons. The Balaban J connectivity index is 3.84. The van der Waals surface area contributed by atoms with E-state index in [1.807, 2.05) is 18.2 Å². The fraction of sp³-hybridized carbons (Fsp3) is 0.500. The molecule has 0 aliphatic rings. The molecule has 134 valence electrons. The van der Waals surface area contributed by atoms with Gasteiger partial charge in [-0.1, -0.05) is 113 Å². The molecule has 0 fully saturated rings. The number of unbranched alkanes of at least 4 members (excludes halogenated alkanes) is 9. The van der Waals surface area contributed by atoms with Crippen LogP contribution in [0.4, 0.5) is 0 Å². The van der Waals surface area contributed by atoms with Crippen molar-refractivity contribution in [2.75, 3.05) is 0 Å². The molecule has 0 heterocycles. The summed E-state index contributed by atoms with van der Waals surface area (Å²) in [6.07, 6.45) is 25.5. The van der Waals surface area contributed by atoms with Crippen molar-refractivity contribution in [1.29, 1.82) is 0 Å². The van der Waals surface area contributed by atoms with Crippen LogP contribution in [0.1, 0.15) is 75.2 Å². The average Bonchev–Trinajstić information content (AvgIpc) is 2.66. The van der Waals surface area contributed by atoms with Gasteiger partial charge in [0.2, 0.25) is 0 Å². The number of hydrogen-bond acceptors (Lipinski definition) is 1. The number of allylic oxidation sites excluding steroid dienone is 9. The fourth-order valence-electron chi connectivity index (χ4n) is 2.17. The number of carboxylic acids is 1. The monoisotopic (exact) mass is 333 g/mol. The zero-order valence-corrected chi connectivity index (χ0v) is 15.0. The SMILES string of the molecule is [2H]C(=CC=CC=CC=CCCCCCCCCCCC)C([2H])=C([2H])C(=O)O. The number of carboxylic acid groups (broad SMARTS) is 1. The molecule has 24 heavy (non-hydrogen) atoms. The normalized spacial score (nSPS) is 15.7. The van der Waals surface area contributed by atoms with Crippen molar-refractivity contribution in [3.63, 3.8) is 0 Å². The first-order chi connectivity index (χ1) is 13.0. The second kappa shape index (κ2) is 19.2. The molecule has 0 atom stereocenters. The molecular formula is C22H34O2.